The minimum absolute atomic E-state index is 0.391. The number of allylic oxidation sites excluding steroid dienone is 1. The number of ether oxygens (including phenoxy) is 1. The largest absolute Gasteiger partial charge is 0.372 e. The zero-order valence-electron chi connectivity index (χ0n) is 19.8. The Kier molecular flexibility index (Phi) is 5.67. The average Bonchev–Trinajstić information content (AvgIpc) is 3.08. The van der Waals surface area contributed by atoms with E-state index in [1.165, 1.54) is 51.5 Å². The van der Waals surface area contributed by atoms with E-state index in [9.17, 15) is 4.79 Å². The third-order valence-corrected chi connectivity index (χ3v) is 10.3. The summed E-state index contributed by atoms with van der Waals surface area (Å²) < 4.78 is 6.64. The first kappa shape index (κ1) is 21.2. The molecule has 0 bridgehead atoms. The number of Topliss-reactive ketones (excluding diaryl/α,β-unsaturated/α-hetero) is 1. The van der Waals surface area contributed by atoms with Gasteiger partial charge in [0.05, 0.1) is 12.7 Å². The third-order valence-electron chi connectivity index (χ3n) is 10.3. The Hall–Kier alpha value is -0.670. The van der Waals surface area contributed by atoms with Crippen molar-refractivity contribution in [1.29, 1.82) is 0 Å². The summed E-state index contributed by atoms with van der Waals surface area (Å²) in [4.78, 5) is 14.8. The quantitative estimate of drug-likeness (QED) is 0.482. The van der Waals surface area contributed by atoms with Crippen molar-refractivity contribution in [3.8, 4) is 0 Å². The van der Waals surface area contributed by atoms with Crippen LogP contribution in [0.15, 0.2) is 11.1 Å². The summed E-state index contributed by atoms with van der Waals surface area (Å²) in [5, 5.41) is 0. The van der Waals surface area contributed by atoms with Crippen molar-refractivity contribution in [2.45, 2.75) is 97.1 Å². The van der Waals surface area contributed by atoms with Crippen LogP contribution in [0.2, 0.25) is 0 Å². The number of nitrogens with zero attached hydrogens (tertiary/aromatic N) is 1. The molecule has 0 aromatic carbocycles. The molecule has 3 heteroatoms. The van der Waals surface area contributed by atoms with Gasteiger partial charge in [-0.25, -0.2) is 0 Å². The fourth-order valence-corrected chi connectivity index (χ4v) is 8.61. The normalized spacial score (nSPS) is 50.3. The van der Waals surface area contributed by atoms with Crippen molar-refractivity contribution in [2.24, 2.45) is 35.0 Å². The molecule has 3 aliphatic carbocycles. The van der Waals surface area contributed by atoms with Gasteiger partial charge in [-0.3, -0.25) is 4.79 Å². The molecule has 4 fully saturated rings. The van der Waals surface area contributed by atoms with Crippen molar-refractivity contribution >= 4 is 5.78 Å². The fraction of sp³-hybridized carbons (Fsp3) is 0.889. The van der Waals surface area contributed by atoms with E-state index in [2.05, 4.69) is 32.7 Å². The van der Waals surface area contributed by atoms with E-state index in [0.29, 0.717) is 29.3 Å². The molecule has 3 saturated carbocycles. The molecule has 2 aliphatic heterocycles. The highest BCUT2D eigenvalue weighted by Crippen LogP contribution is 2.63. The third kappa shape index (κ3) is 3.52. The molecule has 5 aliphatic rings. The zero-order valence-corrected chi connectivity index (χ0v) is 19.8. The van der Waals surface area contributed by atoms with Crippen LogP contribution >= 0.6 is 0 Å². The highest BCUT2D eigenvalue weighted by molar-refractivity contribution is 5.79. The van der Waals surface area contributed by atoms with Crippen LogP contribution in [-0.4, -0.2) is 43.0 Å². The predicted molar refractivity (Wildman–Crippen MR) is 121 cm³/mol. The first-order valence-corrected chi connectivity index (χ1v) is 12.9. The Morgan fingerprint density at radius 3 is 2.80 bits per heavy atom. The topological polar surface area (TPSA) is 29.5 Å². The molecule has 2 heterocycles. The first-order valence-electron chi connectivity index (χ1n) is 12.9. The van der Waals surface area contributed by atoms with Crippen LogP contribution < -0.4 is 0 Å². The maximum Gasteiger partial charge on any atom is 0.133 e. The van der Waals surface area contributed by atoms with Gasteiger partial charge in [0.1, 0.15) is 5.78 Å². The summed E-state index contributed by atoms with van der Waals surface area (Å²) in [7, 11) is 2.31. The van der Waals surface area contributed by atoms with E-state index in [-0.39, 0.29) is 0 Å². The summed E-state index contributed by atoms with van der Waals surface area (Å²) >= 11 is 0. The number of carbonyl (C=O) groups excluding carboxylic acids is 1. The van der Waals surface area contributed by atoms with Crippen molar-refractivity contribution in [1.82, 2.24) is 4.90 Å². The van der Waals surface area contributed by atoms with Crippen molar-refractivity contribution in [2.75, 3.05) is 20.2 Å². The molecule has 0 N–H and O–H groups in total. The average molecular weight is 414 g/mol. The molecule has 1 saturated heterocycles. The van der Waals surface area contributed by atoms with E-state index >= 15 is 0 Å². The van der Waals surface area contributed by atoms with Crippen molar-refractivity contribution in [3.05, 3.63) is 11.1 Å². The van der Waals surface area contributed by atoms with Crippen molar-refractivity contribution < 1.29 is 9.53 Å². The van der Waals surface area contributed by atoms with Gasteiger partial charge >= 0.3 is 0 Å². The number of ketones is 1. The van der Waals surface area contributed by atoms with Gasteiger partial charge in [-0.05, 0) is 99.5 Å². The van der Waals surface area contributed by atoms with Gasteiger partial charge in [0.2, 0.25) is 0 Å². The highest BCUT2D eigenvalue weighted by Gasteiger charge is 2.55. The maximum absolute atomic E-state index is 12.2. The lowest BCUT2D eigenvalue weighted by Gasteiger charge is -2.52. The van der Waals surface area contributed by atoms with Crippen LogP contribution in [0.25, 0.3) is 0 Å². The summed E-state index contributed by atoms with van der Waals surface area (Å²) in [6, 6.07) is 0.602. The number of fused-ring (bicyclic) bond motifs is 6. The molecule has 0 amide bonds. The minimum atomic E-state index is 0.391. The van der Waals surface area contributed by atoms with Crippen LogP contribution in [0.1, 0.15) is 85.0 Å². The molecule has 0 aromatic rings. The lowest BCUT2D eigenvalue weighted by Crippen LogP contribution is -2.50. The number of likely N-dealkylation sites (N-methyl/N-ethyl adjacent to an activating group) is 1. The Bertz CT molecular complexity index is 714. The van der Waals surface area contributed by atoms with Crippen LogP contribution in [0.5, 0.6) is 0 Å². The SMILES string of the molecule is C/C1=C2\C[C@H]3[C@@H](CC[C@@H]4CC(=O)CC[C@@]43C)[C@@H]2CCCC2[C@@H](C[C@H](C)CN2C)OC1. The van der Waals surface area contributed by atoms with Crippen LogP contribution in [-0.2, 0) is 9.53 Å². The lowest BCUT2D eigenvalue weighted by molar-refractivity contribution is -0.129. The van der Waals surface area contributed by atoms with Gasteiger partial charge in [-0.15, -0.1) is 0 Å². The van der Waals surface area contributed by atoms with Gasteiger partial charge in [-0.2, -0.15) is 0 Å². The Morgan fingerprint density at radius 2 is 1.97 bits per heavy atom. The first-order chi connectivity index (χ1) is 14.4. The summed E-state index contributed by atoms with van der Waals surface area (Å²) in [6.07, 6.45) is 12.4. The number of likely N-dealkylation sites (tertiary alicyclic amines) is 1. The predicted octanol–water partition coefficient (Wildman–Crippen LogP) is 5.63. The molecule has 5 rings (SSSR count). The van der Waals surface area contributed by atoms with Crippen LogP contribution in [0.4, 0.5) is 0 Å². The molecule has 8 atom stereocenters. The van der Waals surface area contributed by atoms with Crippen LogP contribution in [0, 0.1) is 35.0 Å². The minimum Gasteiger partial charge on any atom is -0.372 e. The molecule has 3 nitrogen and oxygen atoms in total. The summed E-state index contributed by atoms with van der Waals surface area (Å²) in [5.41, 5.74) is 3.70. The van der Waals surface area contributed by atoms with Gasteiger partial charge < -0.3 is 9.64 Å². The van der Waals surface area contributed by atoms with Gasteiger partial charge in [0, 0.05) is 25.4 Å². The molecule has 0 spiro atoms. The second kappa shape index (κ2) is 8.03. The monoisotopic (exact) mass is 413 g/mol. The van der Waals surface area contributed by atoms with E-state index in [1.54, 1.807) is 11.1 Å². The molecule has 0 radical (unpaired) electrons. The Labute approximate surface area is 184 Å². The second-order valence-corrected chi connectivity index (χ2v) is 12.0. The number of rotatable bonds is 0. The number of carbonyl (C=O) groups is 1. The summed E-state index contributed by atoms with van der Waals surface area (Å²) in [6.45, 7) is 9.36. The van der Waals surface area contributed by atoms with E-state index in [0.717, 1.165) is 49.5 Å². The number of hydrogen-bond acceptors (Lipinski definition) is 3. The number of piperidine rings is 1. The number of hydrogen-bond donors (Lipinski definition) is 0. The van der Waals surface area contributed by atoms with E-state index in [1.807, 2.05) is 0 Å². The summed E-state index contributed by atoms with van der Waals surface area (Å²) in [5.74, 6) is 4.33. The Balaban J connectivity index is 1.40. The van der Waals surface area contributed by atoms with Gasteiger partial charge in [-0.1, -0.05) is 25.8 Å². The molecule has 1 unspecified atom stereocenters. The maximum atomic E-state index is 12.2. The Morgan fingerprint density at radius 1 is 1.13 bits per heavy atom. The molecular formula is C27H43NO2. The zero-order chi connectivity index (χ0) is 21.0. The van der Waals surface area contributed by atoms with E-state index < -0.39 is 0 Å². The smallest absolute Gasteiger partial charge is 0.133 e. The fourth-order valence-electron chi connectivity index (χ4n) is 8.61. The second-order valence-electron chi connectivity index (χ2n) is 12.0. The highest BCUT2D eigenvalue weighted by atomic mass is 16.5. The molecule has 30 heavy (non-hydrogen) atoms. The van der Waals surface area contributed by atoms with Gasteiger partial charge in [0.25, 0.3) is 0 Å². The molecule has 168 valence electrons. The van der Waals surface area contributed by atoms with E-state index in [4.69, 9.17) is 4.74 Å². The standard InChI is InChI=1S/C27H43NO2/c1-17-12-26-25(28(4)15-17)7-5-6-21-22-9-8-19-13-20(29)10-11-27(19,3)24(22)14-23(21)18(2)16-30-26/h17,19,21-22,24-26H,5-16H2,1-4H3/b23-18-/t17-,19+,21-,22-,24-,25?,26+,27-/m0/s1. The van der Waals surface area contributed by atoms with Crippen molar-refractivity contribution in [3.63, 3.8) is 0 Å². The lowest BCUT2D eigenvalue weighted by atomic mass is 9.52. The van der Waals surface area contributed by atoms with Crippen LogP contribution in [0.3, 0.4) is 0 Å². The molecular weight excluding hydrogens is 370 g/mol. The molecule has 0 aromatic heterocycles. The van der Waals surface area contributed by atoms with Gasteiger partial charge in [0.15, 0.2) is 0 Å².